The highest BCUT2D eigenvalue weighted by Gasteiger charge is 2.27. The quantitative estimate of drug-likeness (QED) is 0.684. The first-order chi connectivity index (χ1) is 8.29. The van der Waals surface area contributed by atoms with Gasteiger partial charge in [0.05, 0.1) is 12.6 Å². The number of nitrogens with one attached hydrogen (secondary N) is 1. The molecule has 2 rings (SSSR count). The summed E-state index contributed by atoms with van der Waals surface area (Å²) < 4.78 is 16.3. The summed E-state index contributed by atoms with van der Waals surface area (Å²) in [7, 11) is 1.69. The molecule has 5 heteroatoms. The standard InChI is InChI=1S/C12H20N2O3/c1-15-5-2-6-16-12-8-17-11-7-9(13)3-4-10(11)14-12/h3,7,10,12,14H,2,4-6,8,13H2,1H3/t10?,12-/m0/s1. The van der Waals surface area contributed by atoms with Crippen LogP contribution in [-0.2, 0) is 14.2 Å². The minimum Gasteiger partial charge on any atom is -0.492 e. The Balaban J connectivity index is 1.74. The highest BCUT2D eigenvalue weighted by atomic mass is 16.6. The van der Waals surface area contributed by atoms with Gasteiger partial charge in [-0.05, 0) is 12.8 Å². The summed E-state index contributed by atoms with van der Waals surface area (Å²) in [5.41, 5.74) is 6.50. The third-order valence-corrected chi connectivity index (χ3v) is 2.84. The maximum atomic E-state index is 5.72. The Morgan fingerprint density at radius 1 is 1.53 bits per heavy atom. The first-order valence-electron chi connectivity index (χ1n) is 5.96. The van der Waals surface area contributed by atoms with Crippen molar-refractivity contribution < 1.29 is 14.2 Å². The van der Waals surface area contributed by atoms with Gasteiger partial charge in [-0.15, -0.1) is 0 Å². The lowest BCUT2D eigenvalue weighted by atomic mass is 10.0. The molecule has 0 bridgehead atoms. The third-order valence-electron chi connectivity index (χ3n) is 2.84. The number of methoxy groups -OCH3 is 1. The molecule has 3 N–H and O–H groups in total. The summed E-state index contributed by atoms with van der Waals surface area (Å²) in [6, 6.07) is 0.198. The van der Waals surface area contributed by atoms with Crippen LogP contribution < -0.4 is 11.1 Å². The molecule has 0 radical (unpaired) electrons. The van der Waals surface area contributed by atoms with Crippen molar-refractivity contribution in [1.82, 2.24) is 5.32 Å². The fraction of sp³-hybridized carbons (Fsp3) is 0.667. The molecule has 1 unspecified atom stereocenters. The van der Waals surface area contributed by atoms with Crippen LogP contribution in [0.2, 0.25) is 0 Å². The van der Waals surface area contributed by atoms with E-state index >= 15 is 0 Å². The van der Waals surface area contributed by atoms with E-state index in [1.165, 1.54) is 0 Å². The molecule has 1 heterocycles. The van der Waals surface area contributed by atoms with Crippen LogP contribution in [0.1, 0.15) is 12.8 Å². The summed E-state index contributed by atoms with van der Waals surface area (Å²) >= 11 is 0. The van der Waals surface area contributed by atoms with Gasteiger partial charge < -0.3 is 19.9 Å². The molecule has 0 spiro atoms. The molecule has 96 valence electrons. The Morgan fingerprint density at radius 2 is 2.41 bits per heavy atom. The molecule has 0 amide bonds. The van der Waals surface area contributed by atoms with Crippen molar-refractivity contribution in [2.45, 2.75) is 25.1 Å². The van der Waals surface area contributed by atoms with E-state index in [1.54, 1.807) is 7.11 Å². The largest absolute Gasteiger partial charge is 0.492 e. The van der Waals surface area contributed by atoms with E-state index < -0.39 is 0 Å². The normalized spacial score (nSPS) is 27.8. The summed E-state index contributed by atoms with van der Waals surface area (Å²) in [5.74, 6) is 0.918. The highest BCUT2D eigenvalue weighted by molar-refractivity contribution is 5.27. The molecule has 1 saturated heterocycles. The smallest absolute Gasteiger partial charge is 0.143 e. The second kappa shape index (κ2) is 6.05. The Kier molecular flexibility index (Phi) is 4.42. The zero-order valence-corrected chi connectivity index (χ0v) is 10.1. The SMILES string of the molecule is COCCCO[C@H]1COC2=CC(N)=CCC2N1. The van der Waals surface area contributed by atoms with Gasteiger partial charge in [0.1, 0.15) is 18.6 Å². The minimum atomic E-state index is -0.0401. The van der Waals surface area contributed by atoms with Crippen LogP contribution in [0.3, 0.4) is 0 Å². The van der Waals surface area contributed by atoms with E-state index in [2.05, 4.69) is 5.32 Å². The second-order valence-electron chi connectivity index (χ2n) is 4.22. The van der Waals surface area contributed by atoms with Crippen molar-refractivity contribution >= 4 is 0 Å². The van der Waals surface area contributed by atoms with Gasteiger partial charge >= 0.3 is 0 Å². The monoisotopic (exact) mass is 240 g/mol. The molecule has 0 saturated carbocycles. The van der Waals surface area contributed by atoms with Crippen LogP contribution >= 0.6 is 0 Å². The Bertz CT molecular complexity index is 315. The molecule has 5 nitrogen and oxygen atoms in total. The minimum absolute atomic E-state index is 0.0401. The predicted octanol–water partition coefficient (Wildman–Crippen LogP) is 0.484. The van der Waals surface area contributed by atoms with Crippen LogP contribution in [0, 0.1) is 0 Å². The van der Waals surface area contributed by atoms with E-state index in [0.29, 0.717) is 13.2 Å². The van der Waals surface area contributed by atoms with Gasteiger partial charge in [0, 0.05) is 25.5 Å². The van der Waals surface area contributed by atoms with Crippen LogP contribution in [0.4, 0.5) is 0 Å². The van der Waals surface area contributed by atoms with E-state index in [4.69, 9.17) is 19.9 Å². The van der Waals surface area contributed by atoms with E-state index in [1.807, 2.05) is 12.2 Å². The zero-order valence-electron chi connectivity index (χ0n) is 10.1. The summed E-state index contributed by atoms with van der Waals surface area (Å²) in [6.45, 7) is 1.93. The van der Waals surface area contributed by atoms with Gasteiger partial charge in [0.15, 0.2) is 0 Å². The van der Waals surface area contributed by atoms with Gasteiger partial charge in [-0.2, -0.15) is 0 Å². The molecule has 1 fully saturated rings. The van der Waals surface area contributed by atoms with Gasteiger partial charge in [-0.25, -0.2) is 0 Å². The molecule has 2 aliphatic rings. The Labute approximate surface area is 102 Å². The number of nitrogens with two attached hydrogens (primary N) is 1. The van der Waals surface area contributed by atoms with E-state index in [9.17, 15) is 0 Å². The maximum Gasteiger partial charge on any atom is 0.143 e. The van der Waals surface area contributed by atoms with Crippen LogP contribution in [0.25, 0.3) is 0 Å². The van der Waals surface area contributed by atoms with Crippen molar-refractivity contribution in [3.63, 3.8) is 0 Å². The predicted molar refractivity (Wildman–Crippen MR) is 64.1 cm³/mol. The molecular formula is C12H20N2O3. The fourth-order valence-corrected chi connectivity index (χ4v) is 1.96. The molecule has 17 heavy (non-hydrogen) atoms. The molecule has 0 aromatic heterocycles. The number of fused-ring (bicyclic) bond motifs is 1. The number of morpholine rings is 1. The Morgan fingerprint density at radius 3 is 3.24 bits per heavy atom. The van der Waals surface area contributed by atoms with Crippen LogP contribution in [0.5, 0.6) is 0 Å². The average molecular weight is 240 g/mol. The topological polar surface area (TPSA) is 65.7 Å². The summed E-state index contributed by atoms with van der Waals surface area (Å²) in [5, 5.41) is 3.40. The van der Waals surface area contributed by atoms with Crippen molar-refractivity contribution in [3.05, 3.63) is 23.6 Å². The maximum absolute atomic E-state index is 5.72. The fourth-order valence-electron chi connectivity index (χ4n) is 1.96. The molecule has 0 aromatic carbocycles. The summed E-state index contributed by atoms with van der Waals surface area (Å²) in [4.78, 5) is 0. The van der Waals surface area contributed by atoms with Gasteiger partial charge in [-0.3, -0.25) is 5.32 Å². The van der Waals surface area contributed by atoms with Crippen molar-refractivity contribution in [2.75, 3.05) is 26.9 Å². The molecular weight excluding hydrogens is 220 g/mol. The van der Waals surface area contributed by atoms with Crippen LogP contribution in [-0.4, -0.2) is 39.2 Å². The molecule has 2 atom stereocenters. The lowest BCUT2D eigenvalue weighted by molar-refractivity contribution is -0.0558. The van der Waals surface area contributed by atoms with Gasteiger partial charge in [-0.1, -0.05) is 6.08 Å². The first-order valence-corrected chi connectivity index (χ1v) is 5.96. The van der Waals surface area contributed by atoms with Crippen molar-refractivity contribution in [1.29, 1.82) is 0 Å². The van der Waals surface area contributed by atoms with Crippen LogP contribution in [0.15, 0.2) is 23.6 Å². The van der Waals surface area contributed by atoms with Gasteiger partial charge in [0.2, 0.25) is 0 Å². The van der Waals surface area contributed by atoms with E-state index in [-0.39, 0.29) is 12.3 Å². The van der Waals surface area contributed by atoms with Crippen molar-refractivity contribution in [3.8, 4) is 0 Å². The Hall–Kier alpha value is -1.04. The number of rotatable bonds is 5. The number of hydrogen-bond donors (Lipinski definition) is 2. The van der Waals surface area contributed by atoms with Gasteiger partial charge in [0.25, 0.3) is 0 Å². The zero-order chi connectivity index (χ0) is 12.1. The van der Waals surface area contributed by atoms with Crippen molar-refractivity contribution in [2.24, 2.45) is 5.73 Å². The molecule has 0 aromatic rings. The average Bonchev–Trinajstić information content (AvgIpc) is 2.35. The van der Waals surface area contributed by atoms with E-state index in [0.717, 1.165) is 30.9 Å². The first kappa shape index (κ1) is 12.4. The lowest BCUT2D eigenvalue weighted by Gasteiger charge is -2.34. The lowest BCUT2D eigenvalue weighted by Crippen LogP contribution is -2.49. The second-order valence-corrected chi connectivity index (χ2v) is 4.22. The third kappa shape index (κ3) is 3.46. The highest BCUT2D eigenvalue weighted by Crippen LogP contribution is 2.21. The summed E-state index contributed by atoms with van der Waals surface area (Å²) in [6.07, 6.45) is 5.59. The molecule has 1 aliphatic carbocycles. The number of hydrogen-bond acceptors (Lipinski definition) is 5. The number of ether oxygens (including phenoxy) is 3. The molecule has 1 aliphatic heterocycles. The number of allylic oxidation sites excluding steroid dienone is 1.